The largest absolute Gasteiger partial charge is 0.318 e. The summed E-state index contributed by atoms with van der Waals surface area (Å²) in [5.74, 6) is -1.28. The Kier molecular flexibility index (Phi) is 4.20. The van der Waals surface area contributed by atoms with Gasteiger partial charge in [-0.3, -0.25) is 9.59 Å². The van der Waals surface area contributed by atoms with Gasteiger partial charge in [0, 0.05) is 5.56 Å². The Morgan fingerprint density at radius 3 is 2.15 bits per heavy atom. The van der Waals surface area contributed by atoms with E-state index in [0.29, 0.717) is 16.3 Å². The van der Waals surface area contributed by atoms with Crippen molar-refractivity contribution in [2.24, 2.45) is 0 Å². The second-order valence-corrected chi connectivity index (χ2v) is 5.04. The van der Waals surface area contributed by atoms with Crippen molar-refractivity contribution in [2.75, 3.05) is 5.32 Å². The first-order valence-electron chi connectivity index (χ1n) is 6.16. The molecule has 4 heteroatoms. The van der Waals surface area contributed by atoms with E-state index in [-0.39, 0.29) is 0 Å². The topological polar surface area (TPSA) is 46.2 Å². The Hall–Kier alpha value is -2.13. The lowest BCUT2D eigenvalue weighted by Crippen LogP contribution is -2.23. The zero-order valence-electron chi connectivity index (χ0n) is 11.2. The van der Waals surface area contributed by atoms with Crippen molar-refractivity contribution < 1.29 is 9.59 Å². The van der Waals surface area contributed by atoms with Gasteiger partial charge in [-0.05, 0) is 31.5 Å². The highest BCUT2D eigenvalue weighted by atomic mass is 35.5. The van der Waals surface area contributed by atoms with Crippen LogP contribution in [0.25, 0.3) is 0 Å². The number of amides is 1. The lowest BCUT2D eigenvalue weighted by molar-refractivity contribution is -0.112. The molecule has 0 aromatic heterocycles. The smallest absolute Gasteiger partial charge is 0.296 e. The van der Waals surface area contributed by atoms with E-state index in [2.05, 4.69) is 5.32 Å². The second-order valence-electron chi connectivity index (χ2n) is 4.63. The van der Waals surface area contributed by atoms with Gasteiger partial charge in [-0.15, -0.1) is 0 Å². The van der Waals surface area contributed by atoms with Crippen LogP contribution in [0.2, 0.25) is 5.02 Å². The summed E-state index contributed by atoms with van der Waals surface area (Å²) in [6.45, 7) is 3.81. The van der Waals surface area contributed by atoms with Crippen LogP contribution < -0.4 is 5.32 Å². The summed E-state index contributed by atoms with van der Waals surface area (Å²) in [7, 11) is 0. The van der Waals surface area contributed by atoms with Gasteiger partial charge in [-0.2, -0.15) is 0 Å². The third kappa shape index (κ3) is 3.25. The molecule has 2 aromatic rings. The van der Waals surface area contributed by atoms with Crippen LogP contribution in [0, 0.1) is 13.8 Å². The molecule has 0 bridgehead atoms. The predicted octanol–water partition coefficient (Wildman–Crippen LogP) is 3.78. The summed E-state index contributed by atoms with van der Waals surface area (Å²) in [4.78, 5) is 23.9. The molecule has 2 aromatic carbocycles. The van der Waals surface area contributed by atoms with E-state index >= 15 is 0 Å². The molecule has 0 unspecified atom stereocenters. The number of carbonyl (C=O) groups is 2. The van der Waals surface area contributed by atoms with Crippen LogP contribution in [-0.4, -0.2) is 11.7 Å². The van der Waals surface area contributed by atoms with Gasteiger partial charge in [-0.25, -0.2) is 0 Å². The number of halogens is 1. The van der Waals surface area contributed by atoms with Gasteiger partial charge in [0.15, 0.2) is 0 Å². The van der Waals surface area contributed by atoms with Gasteiger partial charge >= 0.3 is 0 Å². The van der Waals surface area contributed by atoms with Crippen LogP contribution in [0.15, 0.2) is 42.5 Å². The van der Waals surface area contributed by atoms with E-state index in [1.54, 1.807) is 36.4 Å². The van der Waals surface area contributed by atoms with Gasteiger partial charge in [-0.1, -0.05) is 47.5 Å². The first-order valence-corrected chi connectivity index (χ1v) is 6.53. The highest BCUT2D eigenvalue weighted by molar-refractivity contribution is 6.47. The number of benzene rings is 2. The van der Waals surface area contributed by atoms with Gasteiger partial charge in [0.25, 0.3) is 11.7 Å². The number of hydrogen-bond acceptors (Lipinski definition) is 2. The molecule has 0 saturated heterocycles. The Bertz CT molecular complexity index is 663. The van der Waals surface area contributed by atoms with Crippen molar-refractivity contribution in [1.29, 1.82) is 0 Å². The van der Waals surface area contributed by atoms with Crippen molar-refractivity contribution in [3.05, 3.63) is 64.2 Å². The molecule has 0 spiro atoms. The van der Waals surface area contributed by atoms with Crippen LogP contribution in [0.1, 0.15) is 21.5 Å². The SMILES string of the molecule is Cc1ccc(C(=O)C(=O)Nc2ccc(C)cc2Cl)cc1. The summed E-state index contributed by atoms with van der Waals surface area (Å²) >= 11 is 6.02. The molecule has 0 aliphatic heterocycles. The number of nitrogens with one attached hydrogen (secondary N) is 1. The third-order valence-corrected chi connectivity index (χ3v) is 3.21. The average molecular weight is 288 g/mol. The number of aryl methyl sites for hydroxylation is 2. The quantitative estimate of drug-likeness (QED) is 0.690. The molecule has 102 valence electrons. The maximum atomic E-state index is 12.0. The molecule has 0 fully saturated rings. The first-order chi connectivity index (χ1) is 9.47. The van der Waals surface area contributed by atoms with Gasteiger partial charge in [0.1, 0.15) is 0 Å². The molecule has 0 radical (unpaired) electrons. The van der Waals surface area contributed by atoms with E-state index in [0.717, 1.165) is 11.1 Å². The molecule has 1 N–H and O–H groups in total. The summed E-state index contributed by atoms with van der Waals surface area (Å²) in [6.07, 6.45) is 0. The summed E-state index contributed by atoms with van der Waals surface area (Å²) in [5.41, 5.74) is 2.81. The third-order valence-electron chi connectivity index (χ3n) is 2.89. The number of Topliss-reactive ketones (excluding diaryl/α,β-unsaturated/α-hetero) is 1. The Morgan fingerprint density at radius 2 is 1.55 bits per heavy atom. The number of ketones is 1. The minimum atomic E-state index is -0.695. The Balaban J connectivity index is 2.15. The van der Waals surface area contributed by atoms with Crippen LogP contribution in [-0.2, 0) is 4.79 Å². The maximum Gasteiger partial charge on any atom is 0.296 e. The molecule has 0 saturated carbocycles. The van der Waals surface area contributed by atoms with Gasteiger partial charge in [0.05, 0.1) is 10.7 Å². The standard InChI is InChI=1S/C16H14ClNO2/c1-10-3-6-12(7-4-10)15(19)16(20)18-14-8-5-11(2)9-13(14)17/h3-9H,1-2H3,(H,18,20). The predicted molar refractivity (Wildman–Crippen MR) is 80.3 cm³/mol. The van der Waals surface area contributed by atoms with Crippen molar-refractivity contribution in [1.82, 2.24) is 0 Å². The summed E-state index contributed by atoms with van der Waals surface area (Å²) in [6, 6.07) is 12.1. The van der Waals surface area contributed by atoms with E-state index in [4.69, 9.17) is 11.6 Å². The molecule has 2 rings (SSSR count). The normalized spacial score (nSPS) is 10.2. The molecule has 20 heavy (non-hydrogen) atoms. The molecule has 0 heterocycles. The molecule has 0 aliphatic carbocycles. The van der Waals surface area contributed by atoms with E-state index in [1.165, 1.54) is 0 Å². The lowest BCUT2D eigenvalue weighted by Gasteiger charge is -2.07. The van der Waals surface area contributed by atoms with E-state index in [9.17, 15) is 9.59 Å². The van der Waals surface area contributed by atoms with E-state index in [1.807, 2.05) is 19.9 Å². The Morgan fingerprint density at radius 1 is 0.950 bits per heavy atom. The van der Waals surface area contributed by atoms with Crippen LogP contribution in [0.4, 0.5) is 5.69 Å². The lowest BCUT2D eigenvalue weighted by atomic mass is 10.1. The maximum absolute atomic E-state index is 12.0. The number of anilines is 1. The minimum absolute atomic E-state index is 0.358. The van der Waals surface area contributed by atoms with Crippen molar-refractivity contribution >= 4 is 29.0 Å². The highest BCUT2D eigenvalue weighted by Gasteiger charge is 2.17. The number of rotatable bonds is 3. The highest BCUT2D eigenvalue weighted by Crippen LogP contribution is 2.22. The molecule has 0 aliphatic rings. The van der Waals surface area contributed by atoms with Gasteiger partial charge < -0.3 is 5.32 Å². The van der Waals surface area contributed by atoms with Gasteiger partial charge in [0.2, 0.25) is 0 Å². The molecule has 0 atom stereocenters. The van der Waals surface area contributed by atoms with E-state index < -0.39 is 11.7 Å². The fourth-order valence-electron chi connectivity index (χ4n) is 1.74. The fourth-order valence-corrected chi connectivity index (χ4v) is 2.02. The van der Waals surface area contributed by atoms with Crippen LogP contribution in [0.3, 0.4) is 0 Å². The van der Waals surface area contributed by atoms with Crippen molar-refractivity contribution in [3.8, 4) is 0 Å². The first kappa shape index (κ1) is 14.3. The minimum Gasteiger partial charge on any atom is -0.318 e. The number of hydrogen-bond donors (Lipinski definition) is 1. The molecule has 3 nitrogen and oxygen atoms in total. The zero-order valence-corrected chi connectivity index (χ0v) is 12.0. The second kappa shape index (κ2) is 5.88. The van der Waals surface area contributed by atoms with Crippen LogP contribution in [0.5, 0.6) is 0 Å². The summed E-state index contributed by atoms with van der Waals surface area (Å²) < 4.78 is 0. The Labute approximate surface area is 122 Å². The number of carbonyl (C=O) groups excluding carboxylic acids is 2. The van der Waals surface area contributed by atoms with Crippen molar-refractivity contribution in [2.45, 2.75) is 13.8 Å². The molecular weight excluding hydrogens is 274 g/mol. The summed E-state index contributed by atoms with van der Waals surface area (Å²) in [5, 5.41) is 2.94. The zero-order chi connectivity index (χ0) is 14.7. The monoisotopic (exact) mass is 287 g/mol. The van der Waals surface area contributed by atoms with Crippen molar-refractivity contribution in [3.63, 3.8) is 0 Å². The average Bonchev–Trinajstić information content (AvgIpc) is 2.42. The molecule has 1 amide bonds. The van der Waals surface area contributed by atoms with Crippen LogP contribution >= 0.6 is 11.6 Å². The fraction of sp³-hybridized carbons (Fsp3) is 0.125. The molecular formula is C16H14ClNO2.